The van der Waals surface area contributed by atoms with Gasteiger partial charge in [-0.3, -0.25) is 0 Å². The molecule has 0 radical (unpaired) electrons. The molecule has 1 aromatic rings. The molecule has 2 N–H and O–H groups in total. The van der Waals surface area contributed by atoms with Crippen LogP contribution in [-0.2, 0) is 0 Å². The molecule has 104 valence electrons. The first-order valence-corrected chi connectivity index (χ1v) is 6.32. The highest BCUT2D eigenvalue weighted by Crippen LogP contribution is 2.42. The molecule has 1 aliphatic heterocycles. The van der Waals surface area contributed by atoms with Crippen molar-refractivity contribution in [2.75, 3.05) is 11.9 Å². The third kappa shape index (κ3) is 2.58. The molecule has 0 spiro atoms. The van der Waals surface area contributed by atoms with E-state index >= 15 is 0 Å². The number of ether oxygens (including phenoxy) is 2. The van der Waals surface area contributed by atoms with Crippen LogP contribution in [0.2, 0.25) is 0 Å². The molecular weight excluding hydrogens is 256 g/mol. The van der Waals surface area contributed by atoms with Crippen molar-refractivity contribution in [2.24, 2.45) is 0 Å². The maximum absolute atomic E-state index is 12.9. The van der Waals surface area contributed by atoms with E-state index in [2.05, 4.69) is 14.8 Å². The summed E-state index contributed by atoms with van der Waals surface area (Å²) in [5.41, 5.74) is -0.0688. The molecule has 1 fully saturated rings. The van der Waals surface area contributed by atoms with Gasteiger partial charge in [0.1, 0.15) is 0 Å². The summed E-state index contributed by atoms with van der Waals surface area (Å²) >= 11 is 0. The Balaban J connectivity index is 1.67. The maximum atomic E-state index is 12.9. The number of alkyl halides is 2. The van der Waals surface area contributed by atoms with E-state index < -0.39 is 11.9 Å². The normalized spacial score (nSPS) is 22.5. The van der Waals surface area contributed by atoms with Gasteiger partial charge in [-0.15, -0.1) is 8.78 Å². The van der Waals surface area contributed by atoms with E-state index in [1.165, 1.54) is 12.1 Å². The van der Waals surface area contributed by atoms with E-state index in [1.54, 1.807) is 6.07 Å². The van der Waals surface area contributed by atoms with Gasteiger partial charge in [0.25, 0.3) is 0 Å². The lowest BCUT2D eigenvalue weighted by molar-refractivity contribution is -0.286. The van der Waals surface area contributed by atoms with E-state index in [1.807, 2.05) is 0 Å². The molecule has 0 bridgehead atoms. The molecule has 0 aromatic heterocycles. The zero-order valence-electron chi connectivity index (χ0n) is 10.3. The van der Waals surface area contributed by atoms with Gasteiger partial charge in [0.15, 0.2) is 11.5 Å². The molecule has 1 aliphatic carbocycles. The van der Waals surface area contributed by atoms with Crippen LogP contribution >= 0.6 is 0 Å². The summed E-state index contributed by atoms with van der Waals surface area (Å²) in [6.07, 6.45) is -0.0209. The minimum atomic E-state index is -3.59. The predicted molar refractivity (Wildman–Crippen MR) is 64.6 cm³/mol. The molecule has 1 heterocycles. The molecule has 3 rings (SSSR count). The zero-order valence-corrected chi connectivity index (χ0v) is 10.3. The Morgan fingerprint density at radius 2 is 1.84 bits per heavy atom. The Kier molecular flexibility index (Phi) is 2.78. The number of anilines is 1. The van der Waals surface area contributed by atoms with Gasteiger partial charge in [-0.1, -0.05) is 12.8 Å². The molecule has 0 saturated heterocycles. The second-order valence-corrected chi connectivity index (χ2v) is 5.11. The Morgan fingerprint density at radius 1 is 1.16 bits per heavy atom. The molecular formula is C13H15F2NO3. The second kappa shape index (κ2) is 4.23. The Labute approximate surface area is 109 Å². The van der Waals surface area contributed by atoms with Crippen molar-refractivity contribution in [3.05, 3.63) is 18.2 Å². The average Bonchev–Trinajstić information content (AvgIpc) is 2.88. The van der Waals surface area contributed by atoms with Gasteiger partial charge < -0.3 is 19.9 Å². The van der Waals surface area contributed by atoms with Crippen LogP contribution in [0.3, 0.4) is 0 Å². The van der Waals surface area contributed by atoms with Gasteiger partial charge in [0, 0.05) is 18.3 Å². The average molecular weight is 271 g/mol. The Morgan fingerprint density at radius 3 is 2.58 bits per heavy atom. The number of aliphatic hydroxyl groups is 1. The number of fused-ring (bicyclic) bond motifs is 1. The molecule has 0 amide bonds. The fourth-order valence-corrected chi connectivity index (χ4v) is 2.54. The number of halogens is 2. The number of hydrogen-bond acceptors (Lipinski definition) is 4. The van der Waals surface area contributed by atoms with Crippen molar-refractivity contribution in [1.29, 1.82) is 0 Å². The summed E-state index contributed by atoms with van der Waals surface area (Å²) in [6, 6.07) is 4.51. The number of nitrogens with one attached hydrogen (secondary N) is 1. The number of rotatable bonds is 3. The predicted octanol–water partition coefficient (Wildman–Crippen LogP) is 2.73. The van der Waals surface area contributed by atoms with Gasteiger partial charge >= 0.3 is 6.29 Å². The first-order chi connectivity index (χ1) is 8.96. The van der Waals surface area contributed by atoms with E-state index in [0.717, 1.165) is 25.7 Å². The minimum Gasteiger partial charge on any atom is -0.395 e. The molecule has 1 saturated carbocycles. The summed E-state index contributed by atoms with van der Waals surface area (Å²) in [6.45, 7) is 0.406. The van der Waals surface area contributed by atoms with Crippen LogP contribution in [0.15, 0.2) is 18.2 Å². The van der Waals surface area contributed by atoms with Crippen LogP contribution in [0.4, 0.5) is 14.5 Å². The SMILES string of the molecule is OC1(CNc2ccc3c(c2)OC(F)(F)O3)CCCC1. The van der Waals surface area contributed by atoms with Gasteiger partial charge in [0.2, 0.25) is 0 Å². The van der Waals surface area contributed by atoms with E-state index in [9.17, 15) is 13.9 Å². The van der Waals surface area contributed by atoms with Crippen LogP contribution in [0.25, 0.3) is 0 Å². The van der Waals surface area contributed by atoms with Crippen LogP contribution < -0.4 is 14.8 Å². The number of benzene rings is 1. The topological polar surface area (TPSA) is 50.7 Å². The quantitative estimate of drug-likeness (QED) is 0.887. The highest BCUT2D eigenvalue weighted by atomic mass is 19.3. The lowest BCUT2D eigenvalue weighted by Gasteiger charge is -2.23. The van der Waals surface area contributed by atoms with Crippen LogP contribution in [0.5, 0.6) is 11.5 Å². The largest absolute Gasteiger partial charge is 0.586 e. The Bertz CT molecular complexity index is 487. The van der Waals surface area contributed by atoms with Crippen LogP contribution in [0.1, 0.15) is 25.7 Å². The molecule has 19 heavy (non-hydrogen) atoms. The molecule has 2 aliphatic rings. The van der Waals surface area contributed by atoms with E-state index in [0.29, 0.717) is 12.2 Å². The second-order valence-electron chi connectivity index (χ2n) is 5.11. The smallest absolute Gasteiger partial charge is 0.395 e. The van der Waals surface area contributed by atoms with Crippen molar-refractivity contribution < 1.29 is 23.4 Å². The molecule has 6 heteroatoms. The molecule has 0 unspecified atom stereocenters. The van der Waals surface area contributed by atoms with Crippen LogP contribution in [-0.4, -0.2) is 23.5 Å². The summed E-state index contributed by atoms with van der Waals surface area (Å²) < 4.78 is 34.4. The van der Waals surface area contributed by atoms with Gasteiger partial charge in [0.05, 0.1) is 5.60 Å². The van der Waals surface area contributed by atoms with Gasteiger partial charge in [-0.05, 0) is 25.0 Å². The van der Waals surface area contributed by atoms with Crippen molar-refractivity contribution in [3.63, 3.8) is 0 Å². The molecule has 1 aromatic carbocycles. The Hall–Kier alpha value is -1.56. The number of hydrogen-bond donors (Lipinski definition) is 2. The summed E-state index contributed by atoms with van der Waals surface area (Å²) in [5, 5.41) is 13.2. The molecule has 4 nitrogen and oxygen atoms in total. The highest BCUT2D eigenvalue weighted by Gasteiger charge is 2.43. The highest BCUT2D eigenvalue weighted by molar-refractivity contribution is 5.56. The summed E-state index contributed by atoms with van der Waals surface area (Å²) in [4.78, 5) is 0. The lowest BCUT2D eigenvalue weighted by Crippen LogP contribution is -2.33. The fraction of sp³-hybridized carbons (Fsp3) is 0.538. The van der Waals surface area contributed by atoms with Gasteiger partial charge in [-0.2, -0.15) is 0 Å². The lowest BCUT2D eigenvalue weighted by atomic mass is 10.0. The van der Waals surface area contributed by atoms with Crippen molar-refractivity contribution >= 4 is 5.69 Å². The standard InChI is InChI=1S/C13H15F2NO3/c14-13(15)18-10-4-3-9(7-11(10)19-13)16-8-12(17)5-1-2-6-12/h3-4,7,16-17H,1-2,5-6,8H2. The maximum Gasteiger partial charge on any atom is 0.586 e. The first-order valence-electron chi connectivity index (χ1n) is 6.32. The molecule has 0 atom stereocenters. The fourth-order valence-electron chi connectivity index (χ4n) is 2.54. The van der Waals surface area contributed by atoms with Crippen LogP contribution in [0, 0.1) is 0 Å². The summed E-state index contributed by atoms with van der Waals surface area (Å²) in [5.74, 6) is 0.0311. The van der Waals surface area contributed by atoms with Gasteiger partial charge in [-0.25, -0.2) is 0 Å². The van der Waals surface area contributed by atoms with E-state index in [4.69, 9.17) is 0 Å². The van der Waals surface area contributed by atoms with Crippen molar-refractivity contribution in [2.45, 2.75) is 37.6 Å². The van der Waals surface area contributed by atoms with E-state index in [-0.39, 0.29) is 11.5 Å². The van der Waals surface area contributed by atoms with Crippen molar-refractivity contribution in [1.82, 2.24) is 0 Å². The minimum absolute atomic E-state index is 0.00779. The third-order valence-electron chi connectivity index (χ3n) is 3.56. The zero-order chi connectivity index (χ0) is 13.5. The monoisotopic (exact) mass is 271 g/mol. The third-order valence-corrected chi connectivity index (χ3v) is 3.56. The first kappa shape index (κ1) is 12.5. The van der Waals surface area contributed by atoms with Crippen molar-refractivity contribution in [3.8, 4) is 11.5 Å². The summed E-state index contributed by atoms with van der Waals surface area (Å²) in [7, 11) is 0.